The number of rotatable bonds is 4. The summed E-state index contributed by atoms with van der Waals surface area (Å²) in [7, 11) is 2.01. The van der Waals surface area contributed by atoms with Gasteiger partial charge in [0, 0.05) is 24.3 Å². The highest BCUT2D eigenvalue weighted by Gasteiger charge is 2.35. The molecule has 1 fully saturated rings. The maximum Gasteiger partial charge on any atom is 0.0540 e. The van der Waals surface area contributed by atoms with E-state index < -0.39 is 0 Å². The van der Waals surface area contributed by atoms with Gasteiger partial charge in [0.25, 0.3) is 0 Å². The second-order valence-electron chi connectivity index (χ2n) is 5.07. The molecule has 2 N–H and O–H groups in total. The van der Waals surface area contributed by atoms with Crippen LogP contribution in [0.25, 0.3) is 0 Å². The van der Waals surface area contributed by atoms with Gasteiger partial charge in [-0.1, -0.05) is 6.92 Å². The van der Waals surface area contributed by atoms with Gasteiger partial charge in [0.1, 0.15) is 0 Å². The lowest BCUT2D eigenvalue weighted by Crippen LogP contribution is -2.29. The third kappa shape index (κ3) is 2.24. The Kier molecular flexibility index (Phi) is 3.84. The van der Waals surface area contributed by atoms with Gasteiger partial charge in [-0.3, -0.25) is 9.58 Å². The van der Waals surface area contributed by atoms with Gasteiger partial charge in [-0.15, -0.1) is 0 Å². The highest BCUT2D eigenvalue weighted by Crippen LogP contribution is 2.37. The molecule has 0 bridgehead atoms. The molecule has 2 heterocycles. The first kappa shape index (κ1) is 12.6. The minimum atomic E-state index is 0.480. The second-order valence-corrected chi connectivity index (χ2v) is 5.07. The van der Waals surface area contributed by atoms with Crippen molar-refractivity contribution >= 4 is 0 Å². The van der Waals surface area contributed by atoms with Crippen molar-refractivity contribution in [3.8, 4) is 0 Å². The van der Waals surface area contributed by atoms with E-state index in [1.165, 1.54) is 30.6 Å². The van der Waals surface area contributed by atoms with Crippen LogP contribution in [0.15, 0.2) is 6.20 Å². The zero-order valence-corrected chi connectivity index (χ0v) is 11.2. The van der Waals surface area contributed by atoms with E-state index in [4.69, 9.17) is 5.73 Å². The predicted octanol–water partition coefficient (Wildman–Crippen LogP) is 1.46. The molecule has 1 aromatic rings. The summed E-state index contributed by atoms with van der Waals surface area (Å²) in [6.07, 6.45) is 4.44. The van der Waals surface area contributed by atoms with Gasteiger partial charge in [-0.05, 0) is 45.3 Å². The average molecular weight is 236 g/mol. The highest BCUT2D eigenvalue weighted by molar-refractivity contribution is 5.23. The Labute approximate surface area is 104 Å². The summed E-state index contributed by atoms with van der Waals surface area (Å²) in [6, 6.07) is 0.480. The Hall–Kier alpha value is -0.870. The third-order valence-corrected chi connectivity index (χ3v) is 4.03. The fourth-order valence-electron chi connectivity index (χ4n) is 2.97. The molecule has 17 heavy (non-hydrogen) atoms. The monoisotopic (exact) mass is 236 g/mol. The molecule has 1 aliphatic rings. The summed E-state index contributed by atoms with van der Waals surface area (Å²) < 4.78 is 1.96. The first-order valence-electron chi connectivity index (χ1n) is 6.61. The van der Waals surface area contributed by atoms with E-state index in [-0.39, 0.29) is 0 Å². The Morgan fingerprint density at radius 2 is 2.29 bits per heavy atom. The lowest BCUT2D eigenvalue weighted by atomic mass is 9.94. The summed E-state index contributed by atoms with van der Waals surface area (Å²) in [5, 5.41) is 4.37. The van der Waals surface area contributed by atoms with E-state index in [1.54, 1.807) is 0 Å². The Morgan fingerprint density at radius 3 is 2.82 bits per heavy atom. The number of aryl methyl sites for hydroxylation is 1. The van der Waals surface area contributed by atoms with Crippen molar-refractivity contribution < 1.29 is 0 Å². The van der Waals surface area contributed by atoms with Crippen molar-refractivity contribution in [3.05, 3.63) is 17.5 Å². The zero-order valence-electron chi connectivity index (χ0n) is 11.2. The molecule has 0 aliphatic carbocycles. The second kappa shape index (κ2) is 5.19. The average Bonchev–Trinajstić information content (AvgIpc) is 2.85. The summed E-state index contributed by atoms with van der Waals surface area (Å²) in [5.74, 6) is 0.587. The molecular formula is C13H24N4. The normalized spacial score (nSPS) is 25.6. The molecule has 4 nitrogen and oxygen atoms in total. The number of aromatic nitrogens is 2. The SMILES string of the molecule is CCCN1CCC(CN)C1c1cnn(C)c1C. The zero-order chi connectivity index (χ0) is 12.4. The van der Waals surface area contributed by atoms with Crippen LogP contribution in [0.4, 0.5) is 0 Å². The molecule has 1 aliphatic heterocycles. The lowest BCUT2D eigenvalue weighted by Gasteiger charge is -2.27. The molecule has 4 heteroatoms. The van der Waals surface area contributed by atoms with Crippen LogP contribution in [0.3, 0.4) is 0 Å². The van der Waals surface area contributed by atoms with Gasteiger partial charge >= 0.3 is 0 Å². The molecule has 0 saturated carbocycles. The molecule has 0 aromatic carbocycles. The molecule has 2 atom stereocenters. The standard InChI is InChI=1S/C13H24N4/c1-4-6-17-7-5-11(8-14)13(17)12-9-15-16(3)10(12)2/h9,11,13H,4-8,14H2,1-3H3. The van der Waals surface area contributed by atoms with Crippen molar-refractivity contribution in [1.82, 2.24) is 14.7 Å². The van der Waals surface area contributed by atoms with Crippen molar-refractivity contribution in [3.63, 3.8) is 0 Å². The van der Waals surface area contributed by atoms with Gasteiger partial charge in [-0.25, -0.2) is 0 Å². The highest BCUT2D eigenvalue weighted by atomic mass is 15.3. The molecule has 2 unspecified atom stereocenters. The van der Waals surface area contributed by atoms with Crippen LogP contribution in [0, 0.1) is 12.8 Å². The summed E-state index contributed by atoms with van der Waals surface area (Å²) in [5.41, 5.74) is 8.57. The van der Waals surface area contributed by atoms with E-state index in [0.29, 0.717) is 12.0 Å². The number of nitrogens with zero attached hydrogens (tertiary/aromatic N) is 3. The van der Waals surface area contributed by atoms with Crippen LogP contribution in [0.5, 0.6) is 0 Å². The molecular weight excluding hydrogens is 212 g/mol. The summed E-state index contributed by atoms with van der Waals surface area (Å²) >= 11 is 0. The van der Waals surface area contributed by atoms with E-state index in [1.807, 2.05) is 17.9 Å². The van der Waals surface area contributed by atoms with Crippen LogP contribution in [-0.2, 0) is 7.05 Å². The van der Waals surface area contributed by atoms with Gasteiger partial charge < -0.3 is 5.73 Å². The number of hydrogen-bond acceptors (Lipinski definition) is 3. The summed E-state index contributed by atoms with van der Waals surface area (Å²) in [4.78, 5) is 2.57. The Bertz CT molecular complexity index is 371. The fraction of sp³-hybridized carbons (Fsp3) is 0.769. The number of hydrogen-bond donors (Lipinski definition) is 1. The van der Waals surface area contributed by atoms with Crippen molar-refractivity contribution in [2.75, 3.05) is 19.6 Å². The van der Waals surface area contributed by atoms with E-state index in [2.05, 4.69) is 23.8 Å². The van der Waals surface area contributed by atoms with Gasteiger partial charge in [0.05, 0.1) is 6.20 Å². The topological polar surface area (TPSA) is 47.1 Å². The van der Waals surface area contributed by atoms with Crippen LogP contribution >= 0.6 is 0 Å². The molecule has 96 valence electrons. The van der Waals surface area contributed by atoms with Crippen LogP contribution in [-0.4, -0.2) is 34.3 Å². The molecule has 0 radical (unpaired) electrons. The maximum absolute atomic E-state index is 5.92. The molecule has 1 saturated heterocycles. The van der Waals surface area contributed by atoms with Crippen LogP contribution in [0.1, 0.15) is 37.1 Å². The smallest absolute Gasteiger partial charge is 0.0540 e. The first-order valence-corrected chi connectivity index (χ1v) is 6.61. The van der Waals surface area contributed by atoms with Gasteiger partial charge in [0.2, 0.25) is 0 Å². The van der Waals surface area contributed by atoms with Gasteiger partial charge in [0.15, 0.2) is 0 Å². The predicted molar refractivity (Wildman–Crippen MR) is 69.7 cm³/mol. The van der Waals surface area contributed by atoms with Crippen LogP contribution < -0.4 is 5.73 Å². The van der Waals surface area contributed by atoms with Crippen molar-refractivity contribution in [2.45, 2.75) is 32.7 Å². The lowest BCUT2D eigenvalue weighted by molar-refractivity contribution is 0.230. The maximum atomic E-state index is 5.92. The van der Waals surface area contributed by atoms with E-state index >= 15 is 0 Å². The van der Waals surface area contributed by atoms with Crippen molar-refractivity contribution in [1.29, 1.82) is 0 Å². The van der Waals surface area contributed by atoms with Crippen molar-refractivity contribution in [2.24, 2.45) is 18.7 Å². The molecule has 0 amide bonds. The Balaban J connectivity index is 2.27. The summed E-state index contributed by atoms with van der Waals surface area (Å²) in [6.45, 7) is 7.50. The molecule has 0 spiro atoms. The minimum Gasteiger partial charge on any atom is -0.330 e. The Morgan fingerprint density at radius 1 is 1.53 bits per heavy atom. The van der Waals surface area contributed by atoms with E-state index in [0.717, 1.165) is 13.1 Å². The molecule has 2 rings (SSSR count). The third-order valence-electron chi connectivity index (χ3n) is 4.03. The van der Waals surface area contributed by atoms with Crippen LogP contribution in [0.2, 0.25) is 0 Å². The largest absolute Gasteiger partial charge is 0.330 e. The first-order chi connectivity index (χ1) is 8.19. The number of nitrogens with two attached hydrogens (primary N) is 1. The minimum absolute atomic E-state index is 0.480. The quantitative estimate of drug-likeness (QED) is 0.861. The number of likely N-dealkylation sites (tertiary alicyclic amines) is 1. The molecule has 1 aromatic heterocycles. The van der Waals surface area contributed by atoms with Gasteiger partial charge in [-0.2, -0.15) is 5.10 Å². The fourth-order valence-corrected chi connectivity index (χ4v) is 2.97. The van der Waals surface area contributed by atoms with E-state index in [9.17, 15) is 0 Å².